The molecule has 2 rings (SSSR count). The van der Waals surface area contributed by atoms with E-state index in [9.17, 15) is 0 Å². The Morgan fingerprint density at radius 2 is 1.89 bits per heavy atom. The van der Waals surface area contributed by atoms with Gasteiger partial charge in [0.05, 0.1) is 12.2 Å². The lowest BCUT2D eigenvalue weighted by Crippen LogP contribution is -2.34. The molecule has 0 bridgehead atoms. The molecule has 4 heteroatoms. The predicted molar refractivity (Wildman–Crippen MR) is 77.4 cm³/mol. The van der Waals surface area contributed by atoms with Crippen LogP contribution >= 0.6 is 0 Å². The lowest BCUT2D eigenvalue weighted by atomic mass is 9.85. The van der Waals surface area contributed by atoms with Gasteiger partial charge in [-0.05, 0) is 50.7 Å². The van der Waals surface area contributed by atoms with Crippen molar-refractivity contribution in [1.82, 2.24) is 10.2 Å². The molecule has 0 aromatic rings. The van der Waals surface area contributed by atoms with Crippen LogP contribution < -0.4 is 5.32 Å². The van der Waals surface area contributed by atoms with E-state index in [-0.39, 0.29) is 12.2 Å². The predicted octanol–water partition coefficient (Wildman–Crippen LogP) is 1.36. The van der Waals surface area contributed by atoms with Gasteiger partial charge in [0.15, 0.2) is 0 Å². The third-order valence-electron chi connectivity index (χ3n) is 4.94. The number of likely N-dealkylation sites (tertiary alicyclic amines) is 1. The molecular weight excluding hydrogens is 240 g/mol. The summed E-state index contributed by atoms with van der Waals surface area (Å²) in [5.41, 5.74) is 0. The Morgan fingerprint density at radius 1 is 1.21 bits per heavy atom. The number of nitrogens with one attached hydrogen (secondary N) is 1. The summed E-state index contributed by atoms with van der Waals surface area (Å²) in [6.45, 7) is 8.05. The summed E-state index contributed by atoms with van der Waals surface area (Å²) < 4.78 is 11.0. The Bertz CT molecular complexity index is 245. The molecule has 0 aromatic heterocycles. The summed E-state index contributed by atoms with van der Waals surface area (Å²) in [5.74, 6) is 1.68. The first-order valence-corrected chi connectivity index (χ1v) is 7.73. The second kappa shape index (κ2) is 7.58. The zero-order valence-corrected chi connectivity index (χ0v) is 12.7. The lowest BCUT2D eigenvalue weighted by Gasteiger charge is -2.29. The summed E-state index contributed by atoms with van der Waals surface area (Å²) in [6.07, 6.45) is 4.53. The molecule has 4 nitrogen and oxygen atoms in total. The summed E-state index contributed by atoms with van der Waals surface area (Å²) >= 11 is 0. The lowest BCUT2D eigenvalue weighted by molar-refractivity contribution is -0.00461. The molecule has 0 spiro atoms. The number of methoxy groups -OCH3 is 2. The Morgan fingerprint density at radius 3 is 2.42 bits per heavy atom. The van der Waals surface area contributed by atoms with Gasteiger partial charge in [-0.2, -0.15) is 0 Å². The van der Waals surface area contributed by atoms with Crippen molar-refractivity contribution in [3.05, 3.63) is 0 Å². The summed E-state index contributed by atoms with van der Waals surface area (Å²) in [6, 6.07) is 0. The molecule has 2 saturated heterocycles. The van der Waals surface area contributed by atoms with Gasteiger partial charge in [0.1, 0.15) is 0 Å². The molecule has 1 N–H and O–H groups in total. The van der Waals surface area contributed by atoms with Gasteiger partial charge in [0, 0.05) is 27.3 Å². The van der Waals surface area contributed by atoms with Crippen LogP contribution in [0.1, 0.15) is 26.2 Å². The highest BCUT2D eigenvalue weighted by molar-refractivity contribution is 4.86. The van der Waals surface area contributed by atoms with Gasteiger partial charge in [-0.1, -0.05) is 6.92 Å². The van der Waals surface area contributed by atoms with E-state index in [0.717, 1.165) is 24.9 Å². The molecule has 19 heavy (non-hydrogen) atoms. The van der Waals surface area contributed by atoms with Gasteiger partial charge >= 0.3 is 0 Å². The second-order valence-electron chi connectivity index (χ2n) is 6.18. The molecule has 2 aliphatic rings. The third kappa shape index (κ3) is 4.15. The van der Waals surface area contributed by atoms with E-state index in [4.69, 9.17) is 9.47 Å². The van der Waals surface area contributed by atoms with E-state index in [1.807, 2.05) is 0 Å². The van der Waals surface area contributed by atoms with Crippen LogP contribution in [0, 0.1) is 11.8 Å². The zero-order chi connectivity index (χ0) is 13.7. The van der Waals surface area contributed by atoms with E-state index < -0.39 is 0 Å². The standard InChI is InChI=1S/C15H30N2O2/c1-12(13-5-4-7-16-9-13)6-8-17-10-14(18-2)15(11-17)19-3/h12-16H,4-11H2,1-3H3. The van der Waals surface area contributed by atoms with Gasteiger partial charge in [-0.3, -0.25) is 4.90 Å². The Labute approximate surface area is 117 Å². The maximum absolute atomic E-state index is 5.49. The fraction of sp³-hybridized carbons (Fsp3) is 1.00. The fourth-order valence-electron chi connectivity index (χ4n) is 3.44. The first-order valence-electron chi connectivity index (χ1n) is 7.73. The van der Waals surface area contributed by atoms with Crippen molar-refractivity contribution in [2.45, 2.75) is 38.4 Å². The van der Waals surface area contributed by atoms with Crippen LogP contribution in [0.5, 0.6) is 0 Å². The Hall–Kier alpha value is -0.160. The van der Waals surface area contributed by atoms with E-state index in [1.165, 1.54) is 38.9 Å². The highest BCUT2D eigenvalue weighted by atomic mass is 16.5. The van der Waals surface area contributed by atoms with Crippen LogP contribution in [0.3, 0.4) is 0 Å². The molecule has 4 atom stereocenters. The first kappa shape index (κ1) is 15.2. The van der Waals surface area contributed by atoms with Gasteiger partial charge in [-0.15, -0.1) is 0 Å². The first-order chi connectivity index (χ1) is 9.24. The van der Waals surface area contributed by atoms with Gasteiger partial charge in [0.25, 0.3) is 0 Å². The van der Waals surface area contributed by atoms with Crippen LogP contribution in [0.4, 0.5) is 0 Å². The molecule has 2 heterocycles. The normalized spacial score (nSPS) is 34.6. The molecule has 0 aromatic carbocycles. The largest absolute Gasteiger partial charge is 0.377 e. The Kier molecular flexibility index (Phi) is 6.07. The number of hydrogen-bond acceptors (Lipinski definition) is 4. The number of nitrogens with zero attached hydrogens (tertiary/aromatic N) is 1. The van der Waals surface area contributed by atoms with Crippen molar-refractivity contribution in [3.63, 3.8) is 0 Å². The minimum Gasteiger partial charge on any atom is -0.377 e. The topological polar surface area (TPSA) is 33.7 Å². The highest BCUT2D eigenvalue weighted by Gasteiger charge is 2.33. The Balaban J connectivity index is 1.70. The van der Waals surface area contributed by atoms with E-state index in [0.29, 0.717) is 0 Å². The summed E-state index contributed by atoms with van der Waals surface area (Å²) in [5, 5.41) is 3.52. The van der Waals surface area contributed by atoms with Gasteiger partial charge in [-0.25, -0.2) is 0 Å². The highest BCUT2D eigenvalue weighted by Crippen LogP contribution is 2.24. The maximum Gasteiger partial charge on any atom is 0.0971 e. The zero-order valence-electron chi connectivity index (χ0n) is 12.7. The number of hydrogen-bond donors (Lipinski definition) is 1. The molecule has 2 fully saturated rings. The van der Waals surface area contributed by atoms with E-state index in [2.05, 4.69) is 17.1 Å². The molecule has 112 valence electrons. The number of rotatable bonds is 6. The monoisotopic (exact) mass is 270 g/mol. The molecular formula is C15H30N2O2. The summed E-state index contributed by atoms with van der Waals surface area (Å²) in [7, 11) is 3.58. The molecule has 4 unspecified atom stereocenters. The molecule has 0 saturated carbocycles. The van der Waals surface area contributed by atoms with E-state index >= 15 is 0 Å². The van der Waals surface area contributed by atoms with E-state index in [1.54, 1.807) is 14.2 Å². The number of ether oxygens (including phenoxy) is 2. The van der Waals surface area contributed by atoms with Crippen molar-refractivity contribution < 1.29 is 9.47 Å². The molecule has 0 aliphatic carbocycles. The number of piperidine rings is 1. The van der Waals surface area contributed by atoms with Gasteiger partial charge in [0.2, 0.25) is 0 Å². The molecule has 0 amide bonds. The minimum absolute atomic E-state index is 0.247. The average molecular weight is 270 g/mol. The third-order valence-corrected chi connectivity index (χ3v) is 4.94. The van der Waals surface area contributed by atoms with Crippen LogP contribution in [0.15, 0.2) is 0 Å². The fourth-order valence-corrected chi connectivity index (χ4v) is 3.44. The molecule has 2 aliphatic heterocycles. The average Bonchev–Trinajstić information content (AvgIpc) is 2.88. The maximum atomic E-state index is 5.49. The van der Waals surface area contributed by atoms with Crippen LogP contribution in [-0.2, 0) is 9.47 Å². The van der Waals surface area contributed by atoms with Crippen LogP contribution in [0.2, 0.25) is 0 Å². The van der Waals surface area contributed by atoms with Crippen molar-refractivity contribution in [2.24, 2.45) is 11.8 Å². The van der Waals surface area contributed by atoms with Crippen LogP contribution in [-0.4, -0.2) is 64.1 Å². The summed E-state index contributed by atoms with van der Waals surface area (Å²) in [4.78, 5) is 2.50. The van der Waals surface area contributed by atoms with Crippen LogP contribution in [0.25, 0.3) is 0 Å². The quantitative estimate of drug-likeness (QED) is 0.790. The minimum atomic E-state index is 0.247. The smallest absolute Gasteiger partial charge is 0.0971 e. The van der Waals surface area contributed by atoms with Gasteiger partial charge < -0.3 is 14.8 Å². The van der Waals surface area contributed by atoms with Crippen molar-refractivity contribution in [1.29, 1.82) is 0 Å². The van der Waals surface area contributed by atoms with Crippen molar-refractivity contribution >= 4 is 0 Å². The SMILES string of the molecule is COC1CN(CCC(C)C2CCCNC2)CC1OC. The van der Waals surface area contributed by atoms with Crippen molar-refractivity contribution in [3.8, 4) is 0 Å². The molecule has 0 radical (unpaired) electrons. The van der Waals surface area contributed by atoms with Crippen molar-refractivity contribution in [2.75, 3.05) is 46.9 Å². The second-order valence-corrected chi connectivity index (χ2v) is 6.18.